The van der Waals surface area contributed by atoms with Crippen LogP contribution in [0.2, 0.25) is 0 Å². The summed E-state index contributed by atoms with van der Waals surface area (Å²) >= 11 is 0. The van der Waals surface area contributed by atoms with Gasteiger partial charge in [-0.05, 0) is 17.9 Å². The summed E-state index contributed by atoms with van der Waals surface area (Å²) in [5.74, 6) is 0.820. The van der Waals surface area contributed by atoms with Crippen LogP contribution in [-0.4, -0.2) is 5.78 Å². The van der Waals surface area contributed by atoms with Gasteiger partial charge in [-0.25, -0.2) is 0 Å². The highest BCUT2D eigenvalue weighted by Crippen LogP contribution is 2.22. The van der Waals surface area contributed by atoms with Crippen molar-refractivity contribution < 1.29 is 4.79 Å². The number of benzene rings is 1. The van der Waals surface area contributed by atoms with Gasteiger partial charge >= 0.3 is 0 Å². The topological polar surface area (TPSA) is 17.1 Å². The molecule has 1 aromatic carbocycles. The number of carbonyl (C=O) groups excluding carboxylic acids is 1. The number of hydrogen-bond donors (Lipinski definition) is 0. The highest BCUT2D eigenvalue weighted by atomic mass is 16.1. The van der Waals surface area contributed by atoms with Crippen LogP contribution in [0.25, 0.3) is 0 Å². The van der Waals surface area contributed by atoms with Gasteiger partial charge in [0, 0.05) is 11.5 Å². The molecule has 0 aliphatic heterocycles. The van der Waals surface area contributed by atoms with Crippen molar-refractivity contribution in [3.8, 4) is 0 Å². The Kier molecular flexibility index (Phi) is 4.07. The van der Waals surface area contributed by atoms with E-state index in [1.807, 2.05) is 25.1 Å². The molecular weight excluding hydrogens is 184 g/mol. The van der Waals surface area contributed by atoms with Gasteiger partial charge in [-0.1, -0.05) is 52.0 Å². The second kappa shape index (κ2) is 5.11. The monoisotopic (exact) mass is 204 g/mol. The van der Waals surface area contributed by atoms with Crippen LogP contribution in [0.15, 0.2) is 24.3 Å². The minimum atomic E-state index is 0.130. The number of rotatable bonds is 4. The fourth-order valence-corrected chi connectivity index (χ4v) is 1.68. The fourth-order valence-electron chi connectivity index (χ4n) is 1.68. The van der Waals surface area contributed by atoms with Crippen LogP contribution >= 0.6 is 0 Å². The largest absolute Gasteiger partial charge is 0.294 e. The highest BCUT2D eigenvalue weighted by molar-refractivity contribution is 5.99. The van der Waals surface area contributed by atoms with Gasteiger partial charge in [0.05, 0.1) is 0 Å². The molecule has 1 rings (SSSR count). The minimum Gasteiger partial charge on any atom is -0.294 e. The van der Waals surface area contributed by atoms with Crippen molar-refractivity contribution in [3.63, 3.8) is 0 Å². The maximum atomic E-state index is 12.1. The zero-order valence-corrected chi connectivity index (χ0v) is 10.1. The molecule has 0 spiro atoms. The molecule has 1 atom stereocenters. The van der Waals surface area contributed by atoms with Crippen LogP contribution in [0.1, 0.15) is 56.0 Å². The normalized spacial score (nSPS) is 12.9. The number of carbonyl (C=O) groups is 1. The lowest BCUT2D eigenvalue weighted by Gasteiger charge is -2.14. The average molecular weight is 204 g/mol. The maximum absolute atomic E-state index is 12.1. The molecule has 1 aromatic rings. The summed E-state index contributed by atoms with van der Waals surface area (Å²) in [5.41, 5.74) is 2.07. The van der Waals surface area contributed by atoms with E-state index in [2.05, 4.69) is 26.8 Å². The van der Waals surface area contributed by atoms with E-state index >= 15 is 0 Å². The Morgan fingerprint density at radius 3 is 2.33 bits per heavy atom. The molecular formula is C14H20O. The molecule has 0 bridgehead atoms. The molecule has 0 saturated carbocycles. The molecule has 0 aromatic heterocycles. The first-order valence-corrected chi connectivity index (χ1v) is 5.71. The van der Waals surface area contributed by atoms with E-state index in [9.17, 15) is 4.79 Å². The van der Waals surface area contributed by atoms with Crippen molar-refractivity contribution in [2.75, 3.05) is 0 Å². The smallest absolute Gasteiger partial charge is 0.165 e. The number of ketones is 1. The molecule has 82 valence electrons. The molecule has 1 unspecified atom stereocenters. The Labute approximate surface area is 92.5 Å². The molecule has 0 fully saturated rings. The summed E-state index contributed by atoms with van der Waals surface area (Å²) in [6, 6.07) is 7.95. The second-order valence-corrected chi connectivity index (χ2v) is 4.42. The van der Waals surface area contributed by atoms with Gasteiger partial charge in [0.15, 0.2) is 5.78 Å². The molecule has 0 aliphatic rings. The molecule has 0 amide bonds. The zero-order chi connectivity index (χ0) is 11.4. The number of hydrogen-bond acceptors (Lipinski definition) is 1. The summed E-state index contributed by atoms with van der Waals surface area (Å²) in [6.07, 6.45) is 0.908. The molecule has 0 radical (unpaired) electrons. The molecule has 0 saturated heterocycles. The third-order valence-corrected chi connectivity index (χ3v) is 2.91. The molecule has 0 heterocycles. The summed E-state index contributed by atoms with van der Waals surface area (Å²) < 4.78 is 0. The molecule has 1 heteroatoms. The molecule has 15 heavy (non-hydrogen) atoms. The van der Waals surface area contributed by atoms with Gasteiger partial charge < -0.3 is 0 Å². The lowest BCUT2D eigenvalue weighted by atomic mass is 9.89. The summed E-state index contributed by atoms with van der Waals surface area (Å²) in [5, 5.41) is 0. The van der Waals surface area contributed by atoms with E-state index in [0.717, 1.165) is 12.0 Å². The Hall–Kier alpha value is -1.11. The van der Waals surface area contributed by atoms with Crippen LogP contribution in [0, 0.1) is 5.92 Å². The third-order valence-electron chi connectivity index (χ3n) is 2.91. The zero-order valence-electron chi connectivity index (χ0n) is 10.1. The van der Waals surface area contributed by atoms with E-state index in [-0.39, 0.29) is 11.7 Å². The Morgan fingerprint density at radius 2 is 1.80 bits per heavy atom. The van der Waals surface area contributed by atoms with Crippen molar-refractivity contribution in [1.82, 2.24) is 0 Å². The second-order valence-electron chi connectivity index (χ2n) is 4.42. The van der Waals surface area contributed by atoms with Crippen molar-refractivity contribution >= 4 is 5.78 Å². The Morgan fingerprint density at radius 1 is 1.20 bits per heavy atom. The summed E-state index contributed by atoms with van der Waals surface area (Å²) in [6.45, 7) is 8.31. The highest BCUT2D eigenvalue weighted by Gasteiger charge is 2.17. The lowest BCUT2D eigenvalue weighted by molar-refractivity contribution is 0.0926. The minimum absolute atomic E-state index is 0.130. The van der Waals surface area contributed by atoms with Gasteiger partial charge in [0.2, 0.25) is 0 Å². The summed E-state index contributed by atoms with van der Waals surface area (Å²) in [7, 11) is 0. The van der Waals surface area contributed by atoms with E-state index < -0.39 is 0 Å². The van der Waals surface area contributed by atoms with Crippen LogP contribution in [0.3, 0.4) is 0 Å². The average Bonchev–Trinajstić information content (AvgIpc) is 2.27. The van der Waals surface area contributed by atoms with E-state index in [1.165, 1.54) is 5.56 Å². The predicted octanol–water partition coefficient (Wildman–Crippen LogP) is 4.04. The summed E-state index contributed by atoms with van der Waals surface area (Å²) in [4.78, 5) is 12.1. The van der Waals surface area contributed by atoms with Gasteiger partial charge in [0.1, 0.15) is 0 Å². The lowest BCUT2D eigenvalue weighted by Crippen LogP contribution is -2.13. The molecule has 1 nitrogen and oxygen atoms in total. The van der Waals surface area contributed by atoms with Crippen molar-refractivity contribution in [3.05, 3.63) is 35.4 Å². The third kappa shape index (κ3) is 2.68. The van der Waals surface area contributed by atoms with Gasteiger partial charge in [-0.2, -0.15) is 0 Å². The van der Waals surface area contributed by atoms with Crippen molar-refractivity contribution in [2.45, 2.75) is 40.0 Å². The van der Waals surface area contributed by atoms with Crippen molar-refractivity contribution in [1.29, 1.82) is 0 Å². The first kappa shape index (κ1) is 12.0. The van der Waals surface area contributed by atoms with Crippen LogP contribution < -0.4 is 0 Å². The van der Waals surface area contributed by atoms with Gasteiger partial charge in [-0.3, -0.25) is 4.79 Å². The molecule has 0 N–H and O–H groups in total. The number of Topliss-reactive ketones (excluding diaryl/α,β-unsaturated/α-hetero) is 1. The van der Waals surface area contributed by atoms with Crippen LogP contribution in [0.5, 0.6) is 0 Å². The first-order valence-electron chi connectivity index (χ1n) is 5.71. The SMILES string of the molecule is CCC(C)C(=O)c1ccccc1C(C)C. The van der Waals surface area contributed by atoms with Crippen molar-refractivity contribution in [2.24, 2.45) is 5.92 Å². The fraction of sp³-hybridized carbons (Fsp3) is 0.500. The Balaban J connectivity index is 3.08. The van der Waals surface area contributed by atoms with Crippen LogP contribution in [0.4, 0.5) is 0 Å². The standard InChI is InChI=1S/C14H20O/c1-5-11(4)14(15)13-9-7-6-8-12(13)10(2)3/h6-11H,5H2,1-4H3. The predicted molar refractivity (Wildman–Crippen MR) is 64.3 cm³/mol. The Bertz CT molecular complexity index is 339. The van der Waals surface area contributed by atoms with Gasteiger partial charge in [0.25, 0.3) is 0 Å². The quantitative estimate of drug-likeness (QED) is 0.676. The maximum Gasteiger partial charge on any atom is 0.165 e. The van der Waals surface area contributed by atoms with E-state index in [0.29, 0.717) is 5.92 Å². The van der Waals surface area contributed by atoms with Gasteiger partial charge in [-0.15, -0.1) is 0 Å². The van der Waals surface area contributed by atoms with E-state index in [4.69, 9.17) is 0 Å². The van der Waals surface area contributed by atoms with E-state index in [1.54, 1.807) is 0 Å². The first-order chi connectivity index (χ1) is 7.07. The molecule has 0 aliphatic carbocycles. The van der Waals surface area contributed by atoms with Crippen LogP contribution in [-0.2, 0) is 0 Å².